The molecular formula is C8H18N2. The van der Waals surface area contributed by atoms with Crippen LogP contribution in [0.5, 0.6) is 0 Å². The van der Waals surface area contributed by atoms with Crippen LogP contribution in [0.2, 0.25) is 0 Å². The van der Waals surface area contributed by atoms with E-state index in [1.165, 1.54) is 6.54 Å². The van der Waals surface area contributed by atoms with Crippen LogP contribution in [0, 0.1) is 5.41 Å². The minimum atomic E-state index is 0.383. The molecule has 0 unspecified atom stereocenters. The fourth-order valence-corrected chi connectivity index (χ4v) is 2.03. The van der Waals surface area contributed by atoms with E-state index in [1.807, 2.05) is 0 Å². The van der Waals surface area contributed by atoms with Crippen LogP contribution in [0.4, 0.5) is 0 Å². The number of nitrogens with two attached hydrogens (primary N) is 1. The molecule has 0 aromatic heterocycles. The van der Waals surface area contributed by atoms with Gasteiger partial charge in [0, 0.05) is 19.1 Å². The number of hydrogen-bond donors (Lipinski definition) is 1. The second kappa shape index (κ2) is 2.51. The maximum absolute atomic E-state index is 5.86. The molecule has 10 heavy (non-hydrogen) atoms. The normalized spacial score (nSPS) is 34.2. The third kappa shape index (κ3) is 1.96. The Morgan fingerprint density at radius 1 is 1.50 bits per heavy atom. The zero-order chi connectivity index (χ0) is 7.78. The molecule has 1 heterocycles. The van der Waals surface area contributed by atoms with E-state index in [4.69, 9.17) is 5.73 Å². The Morgan fingerprint density at radius 2 is 2.10 bits per heavy atom. The molecule has 2 N–H and O–H groups in total. The molecule has 0 aromatic carbocycles. The predicted molar refractivity (Wildman–Crippen MR) is 43.9 cm³/mol. The smallest absolute Gasteiger partial charge is 0.0173 e. The summed E-state index contributed by atoms with van der Waals surface area (Å²) in [7, 11) is 2.14. The van der Waals surface area contributed by atoms with Gasteiger partial charge < -0.3 is 10.6 Å². The molecule has 1 aliphatic heterocycles. The van der Waals surface area contributed by atoms with Crippen molar-refractivity contribution in [1.82, 2.24) is 4.90 Å². The van der Waals surface area contributed by atoms with E-state index in [0.29, 0.717) is 11.5 Å². The Kier molecular flexibility index (Phi) is 2.02. The Balaban J connectivity index is 2.51. The van der Waals surface area contributed by atoms with Crippen molar-refractivity contribution in [3.05, 3.63) is 0 Å². The van der Waals surface area contributed by atoms with Gasteiger partial charge in [-0.05, 0) is 18.9 Å². The number of hydrogen-bond acceptors (Lipinski definition) is 2. The summed E-state index contributed by atoms with van der Waals surface area (Å²) in [5, 5.41) is 0. The van der Waals surface area contributed by atoms with Crippen LogP contribution in [0.15, 0.2) is 0 Å². The predicted octanol–water partition coefficient (Wildman–Crippen LogP) is 0.675. The lowest BCUT2D eigenvalue weighted by atomic mass is 9.82. The van der Waals surface area contributed by atoms with Gasteiger partial charge in [0.15, 0.2) is 0 Å². The Hall–Kier alpha value is -0.0800. The highest BCUT2D eigenvalue weighted by atomic mass is 15.1. The van der Waals surface area contributed by atoms with Crippen molar-refractivity contribution in [3.63, 3.8) is 0 Å². The summed E-state index contributed by atoms with van der Waals surface area (Å²) < 4.78 is 0. The number of likely N-dealkylation sites (N-methyl/N-ethyl adjacent to an activating group) is 1. The van der Waals surface area contributed by atoms with Crippen molar-refractivity contribution >= 4 is 0 Å². The third-order valence-corrected chi connectivity index (χ3v) is 2.06. The summed E-state index contributed by atoms with van der Waals surface area (Å²) in [5.41, 5.74) is 6.28. The first-order chi connectivity index (χ1) is 4.49. The Morgan fingerprint density at radius 3 is 2.50 bits per heavy atom. The fourth-order valence-electron chi connectivity index (χ4n) is 2.03. The van der Waals surface area contributed by atoms with Gasteiger partial charge in [-0.3, -0.25) is 0 Å². The molecule has 1 atom stereocenters. The van der Waals surface area contributed by atoms with Gasteiger partial charge in [0.2, 0.25) is 0 Å². The van der Waals surface area contributed by atoms with E-state index in [0.717, 1.165) is 13.0 Å². The van der Waals surface area contributed by atoms with Crippen LogP contribution in [0.25, 0.3) is 0 Å². The number of nitrogens with zero attached hydrogens (tertiary/aromatic N) is 1. The van der Waals surface area contributed by atoms with Gasteiger partial charge in [-0.1, -0.05) is 13.8 Å². The molecule has 0 radical (unpaired) electrons. The van der Waals surface area contributed by atoms with Crippen molar-refractivity contribution in [1.29, 1.82) is 0 Å². The lowest BCUT2D eigenvalue weighted by molar-refractivity contribution is 0.125. The first kappa shape index (κ1) is 8.02. The second-order valence-electron chi connectivity index (χ2n) is 4.33. The molecule has 0 spiro atoms. The zero-order valence-corrected chi connectivity index (χ0v) is 7.22. The van der Waals surface area contributed by atoms with Crippen molar-refractivity contribution in [2.45, 2.75) is 26.3 Å². The summed E-state index contributed by atoms with van der Waals surface area (Å²) in [6, 6.07) is 0.383. The SMILES string of the molecule is CN1C[C@@H](N)CC(C)(C)C1. The molecule has 0 bridgehead atoms. The van der Waals surface area contributed by atoms with Gasteiger partial charge in [0.25, 0.3) is 0 Å². The van der Waals surface area contributed by atoms with Crippen LogP contribution in [-0.4, -0.2) is 31.1 Å². The topological polar surface area (TPSA) is 29.3 Å². The third-order valence-electron chi connectivity index (χ3n) is 2.06. The Labute approximate surface area is 63.4 Å². The van der Waals surface area contributed by atoms with Crippen LogP contribution >= 0.6 is 0 Å². The van der Waals surface area contributed by atoms with Gasteiger partial charge in [0.1, 0.15) is 0 Å². The lowest BCUT2D eigenvalue weighted by Crippen LogP contribution is -2.48. The second-order valence-corrected chi connectivity index (χ2v) is 4.33. The highest BCUT2D eigenvalue weighted by Crippen LogP contribution is 2.26. The standard InChI is InChI=1S/C8H18N2/c1-8(2)4-7(9)5-10(3)6-8/h7H,4-6,9H2,1-3H3/t7-/m0/s1. The largest absolute Gasteiger partial charge is 0.327 e. The van der Waals surface area contributed by atoms with Crippen LogP contribution in [0.1, 0.15) is 20.3 Å². The van der Waals surface area contributed by atoms with E-state index >= 15 is 0 Å². The molecule has 0 aliphatic carbocycles. The minimum absolute atomic E-state index is 0.383. The summed E-state index contributed by atoms with van der Waals surface area (Å²) in [5.74, 6) is 0. The highest BCUT2D eigenvalue weighted by molar-refractivity contribution is 4.84. The van der Waals surface area contributed by atoms with Crippen LogP contribution in [0.3, 0.4) is 0 Å². The van der Waals surface area contributed by atoms with E-state index in [-0.39, 0.29) is 0 Å². The van der Waals surface area contributed by atoms with Crippen molar-refractivity contribution in [3.8, 4) is 0 Å². The molecule has 0 amide bonds. The van der Waals surface area contributed by atoms with Gasteiger partial charge in [-0.15, -0.1) is 0 Å². The molecule has 1 fully saturated rings. The maximum atomic E-state index is 5.86. The summed E-state index contributed by atoms with van der Waals surface area (Å²) in [6.07, 6.45) is 1.16. The highest BCUT2D eigenvalue weighted by Gasteiger charge is 2.28. The molecule has 60 valence electrons. The molecule has 2 nitrogen and oxygen atoms in total. The van der Waals surface area contributed by atoms with Gasteiger partial charge >= 0.3 is 0 Å². The summed E-state index contributed by atoms with van der Waals surface area (Å²) in [4.78, 5) is 2.31. The van der Waals surface area contributed by atoms with Crippen LogP contribution < -0.4 is 5.73 Å². The number of likely N-dealkylation sites (tertiary alicyclic amines) is 1. The molecule has 2 heteroatoms. The molecular weight excluding hydrogens is 124 g/mol. The number of rotatable bonds is 0. The molecule has 1 aliphatic rings. The molecule has 0 aromatic rings. The minimum Gasteiger partial charge on any atom is -0.327 e. The van der Waals surface area contributed by atoms with Crippen molar-refractivity contribution < 1.29 is 0 Å². The first-order valence-electron chi connectivity index (χ1n) is 3.94. The molecule has 0 saturated carbocycles. The van der Waals surface area contributed by atoms with Crippen LogP contribution in [-0.2, 0) is 0 Å². The summed E-state index contributed by atoms with van der Waals surface area (Å²) >= 11 is 0. The lowest BCUT2D eigenvalue weighted by Gasteiger charge is -2.39. The van der Waals surface area contributed by atoms with E-state index in [2.05, 4.69) is 25.8 Å². The van der Waals surface area contributed by atoms with Gasteiger partial charge in [-0.2, -0.15) is 0 Å². The first-order valence-corrected chi connectivity index (χ1v) is 3.94. The maximum Gasteiger partial charge on any atom is 0.0173 e. The fraction of sp³-hybridized carbons (Fsp3) is 1.00. The van der Waals surface area contributed by atoms with E-state index in [9.17, 15) is 0 Å². The number of piperidine rings is 1. The average Bonchev–Trinajstić information content (AvgIpc) is 1.54. The molecule has 1 saturated heterocycles. The summed E-state index contributed by atoms with van der Waals surface area (Å²) in [6.45, 7) is 6.80. The zero-order valence-electron chi connectivity index (χ0n) is 7.22. The van der Waals surface area contributed by atoms with E-state index in [1.54, 1.807) is 0 Å². The average molecular weight is 142 g/mol. The van der Waals surface area contributed by atoms with Gasteiger partial charge in [0.05, 0.1) is 0 Å². The monoisotopic (exact) mass is 142 g/mol. The Bertz CT molecular complexity index is 108. The van der Waals surface area contributed by atoms with Crippen molar-refractivity contribution in [2.75, 3.05) is 20.1 Å². The van der Waals surface area contributed by atoms with Crippen molar-refractivity contribution in [2.24, 2.45) is 11.1 Å². The van der Waals surface area contributed by atoms with E-state index < -0.39 is 0 Å². The molecule has 1 rings (SSSR count). The quantitative estimate of drug-likeness (QED) is 0.539. The van der Waals surface area contributed by atoms with Gasteiger partial charge in [-0.25, -0.2) is 0 Å².